The number of rotatable bonds is 8. The van der Waals surface area contributed by atoms with Crippen molar-refractivity contribution < 1.29 is 26.4 Å². The Kier molecular flexibility index (Phi) is 7.85. The largest absolute Gasteiger partial charge is 0.416 e. The molecule has 1 heterocycles. The number of amides is 1. The lowest BCUT2D eigenvalue weighted by atomic mass is 10.1. The van der Waals surface area contributed by atoms with E-state index in [1.807, 2.05) is 4.90 Å². The molecule has 1 aliphatic rings. The average Bonchev–Trinajstić information content (AvgIpc) is 2.75. The van der Waals surface area contributed by atoms with Crippen molar-refractivity contribution in [3.8, 4) is 0 Å². The molecule has 0 atom stereocenters. The van der Waals surface area contributed by atoms with E-state index in [1.54, 1.807) is 24.3 Å². The molecule has 1 fully saturated rings. The van der Waals surface area contributed by atoms with Gasteiger partial charge in [-0.15, -0.1) is 0 Å². The number of hydrogen-bond acceptors (Lipinski definition) is 5. The second-order valence-corrected chi connectivity index (χ2v) is 9.69. The zero-order chi connectivity index (χ0) is 24.1. The van der Waals surface area contributed by atoms with Crippen molar-refractivity contribution in [3.05, 3.63) is 59.7 Å². The van der Waals surface area contributed by atoms with E-state index in [4.69, 9.17) is 0 Å². The first-order valence-electron chi connectivity index (χ1n) is 10.5. The lowest BCUT2D eigenvalue weighted by Gasteiger charge is -2.36. The van der Waals surface area contributed by atoms with Crippen LogP contribution in [0.3, 0.4) is 0 Å². The maximum atomic E-state index is 12.9. The van der Waals surface area contributed by atoms with Crippen LogP contribution in [0, 0.1) is 0 Å². The van der Waals surface area contributed by atoms with Crippen LogP contribution < -0.4 is 14.9 Å². The zero-order valence-electron chi connectivity index (χ0n) is 18.2. The Hall–Kier alpha value is -2.79. The van der Waals surface area contributed by atoms with E-state index in [-0.39, 0.29) is 5.91 Å². The Morgan fingerprint density at radius 1 is 1.03 bits per heavy atom. The van der Waals surface area contributed by atoms with Gasteiger partial charge in [-0.1, -0.05) is 12.1 Å². The highest BCUT2D eigenvalue weighted by Crippen LogP contribution is 2.31. The molecule has 2 aromatic rings. The number of nitrogens with one attached hydrogen (secondary N) is 2. The van der Waals surface area contributed by atoms with Crippen LogP contribution in [0.15, 0.2) is 48.5 Å². The van der Waals surface area contributed by atoms with Gasteiger partial charge in [0.05, 0.1) is 11.8 Å². The highest BCUT2D eigenvalue weighted by atomic mass is 32.2. The number of piperazine rings is 1. The molecule has 3 rings (SSSR count). The van der Waals surface area contributed by atoms with Crippen LogP contribution >= 0.6 is 0 Å². The molecule has 0 bridgehead atoms. The van der Waals surface area contributed by atoms with Crippen molar-refractivity contribution in [1.82, 2.24) is 10.2 Å². The maximum Gasteiger partial charge on any atom is 0.416 e. The third-order valence-electron chi connectivity index (χ3n) is 5.28. The summed E-state index contributed by atoms with van der Waals surface area (Å²) in [5.74, 6) is -0.290. The smallest absolute Gasteiger partial charge is 0.369 e. The standard InChI is InChI=1S/C22H27F3N4O3S/c1-33(31,32)27-19-7-2-5-17(15-19)21(30)26-9-4-10-28-11-13-29(14-12-28)20-8-3-6-18(16-20)22(23,24)25/h2-3,5-8,15-16,27H,4,9-14H2,1H3,(H,26,30). The minimum absolute atomic E-state index is 0.290. The summed E-state index contributed by atoms with van der Waals surface area (Å²) in [7, 11) is -3.42. The second-order valence-electron chi connectivity index (χ2n) is 7.94. The Bertz CT molecular complexity index is 1070. The van der Waals surface area contributed by atoms with E-state index in [0.717, 1.165) is 38.4 Å². The van der Waals surface area contributed by atoms with Crippen molar-refractivity contribution >= 4 is 27.3 Å². The summed E-state index contributed by atoms with van der Waals surface area (Å²) in [6.07, 6.45) is -2.59. The number of anilines is 2. The van der Waals surface area contributed by atoms with Crippen LogP contribution in [-0.2, 0) is 16.2 Å². The summed E-state index contributed by atoms with van der Waals surface area (Å²) in [5.41, 5.74) is 0.613. The fourth-order valence-electron chi connectivity index (χ4n) is 3.65. The second kappa shape index (κ2) is 10.4. The summed E-state index contributed by atoms with van der Waals surface area (Å²) in [6, 6.07) is 11.6. The monoisotopic (exact) mass is 484 g/mol. The zero-order valence-corrected chi connectivity index (χ0v) is 19.0. The quantitative estimate of drug-likeness (QED) is 0.563. The predicted octanol–water partition coefficient (Wildman–Crippen LogP) is 3.02. The minimum atomic E-state index is -4.35. The third kappa shape index (κ3) is 7.64. The summed E-state index contributed by atoms with van der Waals surface area (Å²) in [5, 5.41) is 2.82. The number of benzene rings is 2. The SMILES string of the molecule is CS(=O)(=O)Nc1cccc(C(=O)NCCCN2CCN(c3cccc(C(F)(F)F)c3)CC2)c1. The molecule has 7 nitrogen and oxygen atoms in total. The fourth-order valence-corrected chi connectivity index (χ4v) is 4.21. The molecule has 0 spiro atoms. The highest BCUT2D eigenvalue weighted by molar-refractivity contribution is 7.92. The van der Waals surface area contributed by atoms with Crippen LogP contribution in [0.2, 0.25) is 0 Å². The molecule has 33 heavy (non-hydrogen) atoms. The van der Waals surface area contributed by atoms with E-state index in [9.17, 15) is 26.4 Å². The topological polar surface area (TPSA) is 81.7 Å². The first kappa shape index (κ1) is 24.8. The highest BCUT2D eigenvalue weighted by Gasteiger charge is 2.31. The summed E-state index contributed by atoms with van der Waals surface area (Å²) >= 11 is 0. The summed E-state index contributed by atoms with van der Waals surface area (Å²) in [6.45, 7) is 3.93. The van der Waals surface area contributed by atoms with E-state index >= 15 is 0 Å². The van der Waals surface area contributed by atoms with Crippen molar-refractivity contribution in [2.24, 2.45) is 0 Å². The minimum Gasteiger partial charge on any atom is -0.369 e. The molecular weight excluding hydrogens is 457 g/mol. The van der Waals surface area contributed by atoms with Gasteiger partial charge in [0, 0.05) is 49.7 Å². The van der Waals surface area contributed by atoms with E-state index in [1.165, 1.54) is 18.2 Å². The van der Waals surface area contributed by atoms with Gasteiger partial charge in [0.25, 0.3) is 5.91 Å². The van der Waals surface area contributed by atoms with Crippen molar-refractivity contribution in [2.75, 3.05) is 55.1 Å². The average molecular weight is 485 g/mol. The summed E-state index contributed by atoms with van der Waals surface area (Å²) in [4.78, 5) is 16.5. The Labute approximate surface area is 191 Å². The van der Waals surface area contributed by atoms with Gasteiger partial charge < -0.3 is 10.2 Å². The maximum absolute atomic E-state index is 12.9. The van der Waals surface area contributed by atoms with Crippen molar-refractivity contribution in [1.29, 1.82) is 0 Å². The number of carbonyl (C=O) groups excluding carboxylic acids is 1. The first-order chi connectivity index (χ1) is 15.5. The van der Waals surface area contributed by atoms with Gasteiger partial charge in [0.15, 0.2) is 0 Å². The molecule has 2 N–H and O–H groups in total. The normalized spacial score (nSPS) is 15.3. The third-order valence-corrected chi connectivity index (χ3v) is 5.88. The Morgan fingerprint density at radius 3 is 2.39 bits per heavy atom. The molecule has 2 aromatic carbocycles. The number of alkyl halides is 3. The molecule has 0 aliphatic carbocycles. The molecule has 180 valence electrons. The van der Waals surface area contributed by atoms with E-state index < -0.39 is 21.8 Å². The molecule has 0 unspecified atom stereocenters. The van der Waals surface area contributed by atoms with Gasteiger partial charge in [-0.2, -0.15) is 13.2 Å². The lowest BCUT2D eigenvalue weighted by Crippen LogP contribution is -2.47. The van der Waals surface area contributed by atoms with Gasteiger partial charge in [-0.3, -0.25) is 14.4 Å². The molecule has 1 saturated heterocycles. The van der Waals surface area contributed by atoms with Gasteiger partial charge in [0.2, 0.25) is 10.0 Å². The van der Waals surface area contributed by atoms with Gasteiger partial charge >= 0.3 is 6.18 Å². The molecule has 0 radical (unpaired) electrons. The molecule has 1 amide bonds. The van der Waals surface area contributed by atoms with Crippen molar-refractivity contribution in [2.45, 2.75) is 12.6 Å². The number of halogens is 3. The predicted molar refractivity (Wildman–Crippen MR) is 122 cm³/mol. The molecule has 1 aliphatic heterocycles. The number of carbonyl (C=O) groups is 1. The molecule has 0 saturated carbocycles. The van der Waals surface area contributed by atoms with Gasteiger partial charge in [0.1, 0.15) is 0 Å². The van der Waals surface area contributed by atoms with Crippen LogP contribution in [0.5, 0.6) is 0 Å². The molecule has 11 heteroatoms. The van der Waals surface area contributed by atoms with Crippen LogP contribution in [0.4, 0.5) is 24.5 Å². The number of sulfonamides is 1. The van der Waals surface area contributed by atoms with E-state index in [2.05, 4.69) is 14.9 Å². The van der Waals surface area contributed by atoms with Crippen LogP contribution in [0.25, 0.3) is 0 Å². The van der Waals surface area contributed by atoms with Crippen LogP contribution in [0.1, 0.15) is 22.3 Å². The molecular formula is C22H27F3N4O3S. The number of hydrogen-bond donors (Lipinski definition) is 2. The lowest BCUT2D eigenvalue weighted by molar-refractivity contribution is -0.137. The summed E-state index contributed by atoms with van der Waals surface area (Å²) < 4.78 is 63.8. The first-order valence-corrected chi connectivity index (χ1v) is 12.4. The van der Waals surface area contributed by atoms with Crippen molar-refractivity contribution in [3.63, 3.8) is 0 Å². The van der Waals surface area contributed by atoms with Gasteiger partial charge in [-0.25, -0.2) is 8.42 Å². The fraction of sp³-hybridized carbons (Fsp3) is 0.409. The van der Waals surface area contributed by atoms with E-state index in [0.29, 0.717) is 36.6 Å². The molecule has 0 aromatic heterocycles. The van der Waals surface area contributed by atoms with Gasteiger partial charge in [-0.05, 0) is 49.4 Å². The van der Waals surface area contributed by atoms with Crippen LogP contribution in [-0.4, -0.2) is 64.7 Å². The Balaban J connectivity index is 1.41. The number of nitrogens with zero attached hydrogens (tertiary/aromatic N) is 2. The Morgan fingerprint density at radius 2 is 1.73 bits per heavy atom.